The predicted molar refractivity (Wildman–Crippen MR) is 46.3 cm³/mol. The van der Waals surface area contributed by atoms with Crippen molar-refractivity contribution in [2.45, 2.75) is 26.3 Å². The third-order valence-corrected chi connectivity index (χ3v) is 1.61. The zero-order valence-electron chi connectivity index (χ0n) is 6.50. The highest BCUT2D eigenvalue weighted by Crippen LogP contribution is 2.02. The van der Waals surface area contributed by atoms with Crippen LogP contribution in [0.2, 0.25) is 0 Å². The molecule has 2 nitrogen and oxygen atoms in total. The third-order valence-electron chi connectivity index (χ3n) is 1.22. The van der Waals surface area contributed by atoms with E-state index in [4.69, 9.17) is 5.73 Å². The number of thiol groups is 1. The van der Waals surface area contributed by atoms with Crippen molar-refractivity contribution in [3.63, 3.8) is 0 Å². The molecule has 3 heteroatoms. The molecule has 0 saturated carbocycles. The SMILES string of the molecule is CC(C)CC(=O)C(N)CS. The van der Waals surface area contributed by atoms with E-state index in [1.807, 2.05) is 13.8 Å². The van der Waals surface area contributed by atoms with Gasteiger partial charge in [-0.1, -0.05) is 13.8 Å². The molecule has 0 fully saturated rings. The van der Waals surface area contributed by atoms with Gasteiger partial charge in [-0.05, 0) is 5.92 Å². The molecule has 0 radical (unpaired) electrons. The van der Waals surface area contributed by atoms with Gasteiger partial charge in [0.2, 0.25) is 0 Å². The van der Waals surface area contributed by atoms with E-state index in [2.05, 4.69) is 12.6 Å². The lowest BCUT2D eigenvalue weighted by Crippen LogP contribution is -2.32. The minimum atomic E-state index is -0.370. The van der Waals surface area contributed by atoms with Crippen LogP contribution in [0, 0.1) is 5.92 Å². The number of carbonyl (C=O) groups excluding carboxylic acids is 1. The van der Waals surface area contributed by atoms with Crippen molar-refractivity contribution >= 4 is 18.4 Å². The maximum absolute atomic E-state index is 11.0. The number of rotatable bonds is 4. The quantitative estimate of drug-likeness (QED) is 0.600. The first-order chi connectivity index (χ1) is 4.57. The second-order valence-corrected chi connectivity index (χ2v) is 3.22. The van der Waals surface area contributed by atoms with Gasteiger partial charge in [-0.15, -0.1) is 0 Å². The van der Waals surface area contributed by atoms with Crippen molar-refractivity contribution in [2.24, 2.45) is 11.7 Å². The summed E-state index contributed by atoms with van der Waals surface area (Å²) in [5.74, 6) is 0.967. The second-order valence-electron chi connectivity index (χ2n) is 2.85. The summed E-state index contributed by atoms with van der Waals surface area (Å²) >= 11 is 3.93. The fourth-order valence-electron chi connectivity index (χ4n) is 0.656. The number of nitrogens with two attached hydrogens (primary N) is 1. The van der Waals surface area contributed by atoms with Crippen molar-refractivity contribution in [2.75, 3.05) is 5.75 Å². The minimum Gasteiger partial charge on any atom is -0.321 e. The van der Waals surface area contributed by atoms with E-state index in [0.29, 0.717) is 18.1 Å². The number of Topliss-reactive ketones (excluding diaryl/α,β-unsaturated/α-hetero) is 1. The molecule has 0 bridgehead atoms. The van der Waals surface area contributed by atoms with E-state index >= 15 is 0 Å². The van der Waals surface area contributed by atoms with Crippen LogP contribution in [-0.2, 0) is 4.79 Å². The molecule has 10 heavy (non-hydrogen) atoms. The molecule has 0 saturated heterocycles. The highest BCUT2D eigenvalue weighted by atomic mass is 32.1. The van der Waals surface area contributed by atoms with E-state index in [1.165, 1.54) is 0 Å². The Balaban J connectivity index is 3.62. The van der Waals surface area contributed by atoms with Crippen LogP contribution in [0.1, 0.15) is 20.3 Å². The first-order valence-electron chi connectivity index (χ1n) is 3.47. The summed E-state index contributed by atoms with van der Waals surface area (Å²) in [6, 6.07) is -0.370. The summed E-state index contributed by atoms with van der Waals surface area (Å²) in [6.45, 7) is 4.01. The lowest BCUT2D eigenvalue weighted by atomic mass is 10.0. The average molecular weight is 161 g/mol. The molecule has 0 amide bonds. The topological polar surface area (TPSA) is 43.1 Å². The number of ketones is 1. The van der Waals surface area contributed by atoms with Crippen LogP contribution >= 0.6 is 12.6 Å². The third kappa shape index (κ3) is 3.90. The van der Waals surface area contributed by atoms with E-state index < -0.39 is 0 Å². The average Bonchev–Trinajstić information content (AvgIpc) is 1.85. The molecule has 0 aliphatic heterocycles. The van der Waals surface area contributed by atoms with Crippen molar-refractivity contribution in [3.8, 4) is 0 Å². The fraction of sp³-hybridized carbons (Fsp3) is 0.857. The van der Waals surface area contributed by atoms with Crippen LogP contribution < -0.4 is 5.73 Å². The summed E-state index contributed by atoms with van der Waals surface area (Å²) in [5.41, 5.74) is 5.44. The number of hydrogen-bond donors (Lipinski definition) is 2. The summed E-state index contributed by atoms with van der Waals surface area (Å²) < 4.78 is 0. The van der Waals surface area contributed by atoms with Gasteiger partial charge in [-0.2, -0.15) is 12.6 Å². The van der Waals surface area contributed by atoms with E-state index in [9.17, 15) is 4.79 Å². The fourth-order valence-corrected chi connectivity index (χ4v) is 0.859. The predicted octanol–water partition coefficient (Wildman–Crippen LogP) is 0.859. The number of carbonyl (C=O) groups is 1. The molecule has 0 rings (SSSR count). The molecule has 1 unspecified atom stereocenters. The van der Waals surface area contributed by atoms with Gasteiger partial charge in [0.15, 0.2) is 5.78 Å². The molecule has 0 aromatic rings. The lowest BCUT2D eigenvalue weighted by molar-refractivity contribution is -0.120. The smallest absolute Gasteiger partial charge is 0.150 e. The summed E-state index contributed by atoms with van der Waals surface area (Å²) in [6.07, 6.45) is 0.571. The first-order valence-corrected chi connectivity index (χ1v) is 4.10. The number of hydrogen-bond acceptors (Lipinski definition) is 3. The zero-order chi connectivity index (χ0) is 8.15. The molecule has 1 atom stereocenters. The highest BCUT2D eigenvalue weighted by molar-refractivity contribution is 7.80. The van der Waals surface area contributed by atoms with Gasteiger partial charge >= 0.3 is 0 Å². The minimum absolute atomic E-state index is 0.116. The summed E-state index contributed by atoms with van der Waals surface area (Å²) in [4.78, 5) is 11.0. The monoisotopic (exact) mass is 161 g/mol. The molecule has 0 heterocycles. The van der Waals surface area contributed by atoms with Crippen molar-refractivity contribution in [1.82, 2.24) is 0 Å². The molecule has 0 aromatic carbocycles. The highest BCUT2D eigenvalue weighted by Gasteiger charge is 2.12. The Hall–Kier alpha value is -0.0200. The molecule has 0 aliphatic carbocycles. The molecule has 60 valence electrons. The lowest BCUT2D eigenvalue weighted by Gasteiger charge is -2.08. The van der Waals surface area contributed by atoms with Gasteiger partial charge in [0.05, 0.1) is 6.04 Å². The maximum Gasteiger partial charge on any atom is 0.150 e. The van der Waals surface area contributed by atoms with Crippen LogP contribution in [0.15, 0.2) is 0 Å². The van der Waals surface area contributed by atoms with Gasteiger partial charge in [0, 0.05) is 12.2 Å². The standard InChI is InChI=1S/C7H15NOS/c1-5(2)3-7(9)6(8)4-10/h5-6,10H,3-4,8H2,1-2H3. The van der Waals surface area contributed by atoms with Gasteiger partial charge in [0.25, 0.3) is 0 Å². The summed E-state index contributed by atoms with van der Waals surface area (Å²) in [7, 11) is 0. The van der Waals surface area contributed by atoms with E-state index in [-0.39, 0.29) is 11.8 Å². The zero-order valence-corrected chi connectivity index (χ0v) is 7.40. The summed E-state index contributed by atoms with van der Waals surface area (Å²) in [5, 5.41) is 0. The Morgan fingerprint density at radius 3 is 2.40 bits per heavy atom. The van der Waals surface area contributed by atoms with Crippen molar-refractivity contribution in [1.29, 1.82) is 0 Å². The van der Waals surface area contributed by atoms with Gasteiger partial charge in [-0.25, -0.2) is 0 Å². The normalized spacial score (nSPS) is 13.7. The van der Waals surface area contributed by atoms with Crippen LogP contribution in [0.3, 0.4) is 0 Å². The molecular weight excluding hydrogens is 146 g/mol. The van der Waals surface area contributed by atoms with Gasteiger partial charge in [-0.3, -0.25) is 4.79 Å². The molecule has 0 aromatic heterocycles. The van der Waals surface area contributed by atoms with E-state index in [0.717, 1.165) is 0 Å². The Labute approximate surface area is 67.6 Å². The van der Waals surface area contributed by atoms with E-state index in [1.54, 1.807) is 0 Å². The molecule has 0 aliphatic rings. The Kier molecular flexibility index (Phi) is 4.73. The Morgan fingerprint density at radius 1 is 1.60 bits per heavy atom. The molecular formula is C7H15NOS. The van der Waals surface area contributed by atoms with Crippen molar-refractivity contribution in [3.05, 3.63) is 0 Å². The first kappa shape index (κ1) is 9.98. The molecule has 0 spiro atoms. The van der Waals surface area contributed by atoms with Crippen LogP contribution in [0.4, 0.5) is 0 Å². The second kappa shape index (κ2) is 4.74. The van der Waals surface area contributed by atoms with Gasteiger partial charge < -0.3 is 5.73 Å². The maximum atomic E-state index is 11.0. The Morgan fingerprint density at radius 2 is 2.10 bits per heavy atom. The molecule has 2 N–H and O–H groups in total. The largest absolute Gasteiger partial charge is 0.321 e. The van der Waals surface area contributed by atoms with Crippen molar-refractivity contribution < 1.29 is 4.79 Å². The van der Waals surface area contributed by atoms with Crippen LogP contribution in [-0.4, -0.2) is 17.6 Å². The Bertz CT molecular complexity index is 114. The van der Waals surface area contributed by atoms with Crippen LogP contribution in [0.5, 0.6) is 0 Å². The van der Waals surface area contributed by atoms with Gasteiger partial charge in [0.1, 0.15) is 0 Å². The van der Waals surface area contributed by atoms with Crippen LogP contribution in [0.25, 0.3) is 0 Å².